The highest BCUT2D eigenvalue weighted by molar-refractivity contribution is 5.92. The number of hydrogen-bond donors (Lipinski definition) is 1. The van der Waals surface area contributed by atoms with Crippen molar-refractivity contribution in [3.05, 3.63) is 69.1 Å². The molecule has 1 N–H and O–H groups in total. The molecule has 0 unspecified atom stereocenters. The first kappa shape index (κ1) is 17.3. The van der Waals surface area contributed by atoms with E-state index in [4.69, 9.17) is 9.15 Å². The summed E-state index contributed by atoms with van der Waals surface area (Å²) in [5, 5.41) is 3.77. The Morgan fingerprint density at radius 1 is 1.07 bits per heavy atom. The molecule has 0 fully saturated rings. The maximum Gasteiger partial charge on any atom is 0.339 e. The van der Waals surface area contributed by atoms with Gasteiger partial charge in [-0.25, -0.2) is 4.79 Å². The SMILES string of the molecule is Cc1ccc(NC(=O)COc2ccc3c4c(c(=O)oc3c2C)CCC4)cc1. The van der Waals surface area contributed by atoms with Crippen molar-refractivity contribution in [3.63, 3.8) is 0 Å². The van der Waals surface area contributed by atoms with Gasteiger partial charge in [0, 0.05) is 22.2 Å². The molecule has 1 aliphatic carbocycles. The fraction of sp³-hybridized carbons (Fsp3) is 0.273. The lowest BCUT2D eigenvalue weighted by Gasteiger charge is -2.12. The van der Waals surface area contributed by atoms with Crippen molar-refractivity contribution in [1.29, 1.82) is 0 Å². The fourth-order valence-electron chi connectivity index (χ4n) is 3.60. The van der Waals surface area contributed by atoms with E-state index in [2.05, 4.69) is 5.32 Å². The lowest BCUT2D eigenvalue weighted by Crippen LogP contribution is -2.20. The molecule has 1 aliphatic rings. The number of fused-ring (bicyclic) bond motifs is 3. The standard InChI is InChI=1S/C22H21NO4/c1-13-6-8-15(9-7-13)23-20(24)12-26-19-11-10-17-16-4-3-5-18(16)22(25)27-21(17)14(19)2/h6-11H,3-5,12H2,1-2H3,(H,23,24). The molecule has 5 nitrogen and oxygen atoms in total. The van der Waals surface area contributed by atoms with Crippen LogP contribution in [0.25, 0.3) is 11.0 Å². The van der Waals surface area contributed by atoms with Gasteiger partial charge >= 0.3 is 5.63 Å². The zero-order valence-corrected chi connectivity index (χ0v) is 15.4. The summed E-state index contributed by atoms with van der Waals surface area (Å²) in [6.07, 6.45) is 2.66. The molecule has 0 bridgehead atoms. The van der Waals surface area contributed by atoms with Crippen LogP contribution in [0.3, 0.4) is 0 Å². The van der Waals surface area contributed by atoms with Crippen molar-refractivity contribution in [2.75, 3.05) is 11.9 Å². The number of nitrogens with one attached hydrogen (secondary N) is 1. The van der Waals surface area contributed by atoms with E-state index in [0.717, 1.165) is 52.6 Å². The molecule has 0 atom stereocenters. The van der Waals surface area contributed by atoms with E-state index in [9.17, 15) is 9.59 Å². The van der Waals surface area contributed by atoms with Gasteiger partial charge in [0.2, 0.25) is 0 Å². The van der Waals surface area contributed by atoms with Crippen LogP contribution in [0.2, 0.25) is 0 Å². The normalized spacial score (nSPS) is 12.8. The topological polar surface area (TPSA) is 68.5 Å². The van der Waals surface area contributed by atoms with E-state index in [-0.39, 0.29) is 18.1 Å². The zero-order chi connectivity index (χ0) is 19.0. The smallest absolute Gasteiger partial charge is 0.339 e. The van der Waals surface area contributed by atoms with E-state index in [1.54, 1.807) is 0 Å². The third kappa shape index (κ3) is 3.33. The minimum atomic E-state index is -0.257. The third-order valence-corrected chi connectivity index (χ3v) is 5.03. The predicted octanol–water partition coefficient (Wildman–Crippen LogP) is 3.92. The number of carbonyl (C=O) groups is 1. The van der Waals surface area contributed by atoms with Crippen LogP contribution in [0.1, 0.15) is 28.7 Å². The molecule has 2 aromatic carbocycles. The summed E-state index contributed by atoms with van der Waals surface area (Å²) in [7, 11) is 0. The second-order valence-electron chi connectivity index (χ2n) is 6.97. The van der Waals surface area contributed by atoms with E-state index >= 15 is 0 Å². The van der Waals surface area contributed by atoms with E-state index < -0.39 is 0 Å². The number of carbonyl (C=O) groups excluding carboxylic acids is 1. The summed E-state index contributed by atoms with van der Waals surface area (Å²) in [5.74, 6) is 0.302. The minimum absolute atomic E-state index is 0.116. The number of ether oxygens (including phenoxy) is 1. The van der Waals surface area contributed by atoms with Crippen molar-refractivity contribution in [3.8, 4) is 5.75 Å². The van der Waals surface area contributed by atoms with Crippen molar-refractivity contribution in [2.24, 2.45) is 0 Å². The largest absolute Gasteiger partial charge is 0.483 e. The zero-order valence-electron chi connectivity index (χ0n) is 15.4. The Bertz CT molecular complexity index is 1080. The molecule has 0 aliphatic heterocycles. The number of rotatable bonds is 4. The maximum atomic E-state index is 12.2. The number of benzene rings is 2. The lowest BCUT2D eigenvalue weighted by atomic mass is 10.0. The summed E-state index contributed by atoms with van der Waals surface area (Å²) in [5.41, 5.74) is 4.78. The first-order valence-electron chi connectivity index (χ1n) is 9.10. The van der Waals surface area contributed by atoms with Crippen LogP contribution in [0.4, 0.5) is 5.69 Å². The second kappa shape index (κ2) is 6.91. The Morgan fingerprint density at radius 2 is 1.81 bits per heavy atom. The number of anilines is 1. The van der Waals surface area contributed by atoms with Gasteiger partial charge in [-0.05, 0) is 62.9 Å². The second-order valence-corrected chi connectivity index (χ2v) is 6.97. The number of hydrogen-bond acceptors (Lipinski definition) is 4. The van der Waals surface area contributed by atoms with Gasteiger partial charge in [0.25, 0.3) is 5.91 Å². The van der Waals surface area contributed by atoms with E-state index in [1.807, 2.05) is 50.2 Å². The molecule has 0 saturated heterocycles. The molecular weight excluding hydrogens is 342 g/mol. The monoisotopic (exact) mass is 363 g/mol. The van der Waals surface area contributed by atoms with Crippen molar-refractivity contribution in [2.45, 2.75) is 33.1 Å². The first-order valence-corrected chi connectivity index (χ1v) is 9.10. The molecule has 1 aromatic heterocycles. The van der Waals surface area contributed by atoms with Crippen molar-refractivity contribution in [1.82, 2.24) is 0 Å². The molecule has 27 heavy (non-hydrogen) atoms. The average molecular weight is 363 g/mol. The Labute approximate surface area is 157 Å². The number of amides is 1. The Morgan fingerprint density at radius 3 is 2.59 bits per heavy atom. The Balaban J connectivity index is 1.53. The lowest BCUT2D eigenvalue weighted by molar-refractivity contribution is -0.118. The Hall–Kier alpha value is -3.08. The highest BCUT2D eigenvalue weighted by Gasteiger charge is 2.21. The molecule has 3 aromatic rings. The Kier molecular flexibility index (Phi) is 4.44. The van der Waals surface area contributed by atoms with Crippen LogP contribution >= 0.6 is 0 Å². The molecular formula is C22H21NO4. The molecule has 1 heterocycles. The summed E-state index contributed by atoms with van der Waals surface area (Å²) < 4.78 is 11.2. The molecule has 138 valence electrons. The molecule has 5 heteroatoms. The molecule has 0 spiro atoms. The molecule has 0 radical (unpaired) electrons. The molecule has 4 rings (SSSR count). The van der Waals surface area contributed by atoms with Gasteiger partial charge in [-0.2, -0.15) is 0 Å². The summed E-state index contributed by atoms with van der Waals surface area (Å²) in [4.78, 5) is 24.4. The van der Waals surface area contributed by atoms with Crippen LogP contribution in [0, 0.1) is 13.8 Å². The average Bonchev–Trinajstić information content (AvgIpc) is 3.15. The van der Waals surface area contributed by atoms with Gasteiger partial charge in [-0.1, -0.05) is 17.7 Å². The van der Waals surface area contributed by atoms with Gasteiger partial charge in [-0.3, -0.25) is 4.79 Å². The molecule has 1 amide bonds. The predicted molar refractivity (Wildman–Crippen MR) is 105 cm³/mol. The fourth-order valence-corrected chi connectivity index (χ4v) is 3.60. The van der Waals surface area contributed by atoms with Gasteiger partial charge < -0.3 is 14.5 Å². The van der Waals surface area contributed by atoms with Gasteiger partial charge in [0.15, 0.2) is 6.61 Å². The van der Waals surface area contributed by atoms with Crippen LogP contribution in [-0.4, -0.2) is 12.5 Å². The highest BCUT2D eigenvalue weighted by atomic mass is 16.5. The van der Waals surface area contributed by atoms with Crippen LogP contribution in [-0.2, 0) is 17.6 Å². The van der Waals surface area contributed by atoms with Gasteiger partial charge in [0.1, 0.15) is 11.3 Å². The maximum absolute atomic E-state index is 12.2. The van der Waals surface area contributed by atoms with Crippen molar-refractivity contribution < 1.29 is 13.9 Å². The minimum Gasteiger partial charge on any atom is -0.483 e. The van der Waals surface area contributed by atoms with Gasteiger partial charge in [0.05, 0.1) is 0 Å². The highest BCUT2D eigenvalue weighted by Crippen LogP contribution is 2.32. The summed E-state index contributed by atoms with van der Waals surface area (Å²) >= 11 is 0. The van der Waals surface area contributed by atoms with Crippen molar-refractivity contribution >= 4 is 22.6 Å². The van der Waals surface area contributed by atoms with Crippen LogP contribution in [0.5, 0.6) is 5.75 Å². The number of aryl methyl sites for hydroxylation is 3. The molecule has 0 saturated carbocycles. The van der Waals surface area contributed by atoms with E-state index in [1.165, 1.54) is 0 Å². The quantitative estimate of drug-likeness (QED) is 0.714. The third-order valence-electron chi connectivity index (χ3n) is 5.03. The van der Waals surface area contributed by atoms with E-state index in [0.29, 0.717) is 11.3 Å². The first-order chi connectivity index (χ1) is 13.0. The summed E-state index contributed by atoms with van der Waals surface area (Å²) in [6.45, 7) is 3.72. The van der Waals surface area contributed by atoms with Crippen LogP contribution in [0.15, 0.2) is 45.6 Å². The van der Waals surface area contributed by atoms with Crippen LogP contribution < -0.4 is 15.7 Å². The summed E-state index contributed by atoms with van der Waals surface area (Å²) in [6, 6.07) is 11.3. The van der Waals surface area contributed by atoms with Gasteiger partial charge in [-0.15, -0.1) is 0 Å².